The zero-order chi connectivity index (χ0) is 15.3. The third kappa shape index (κ3) is 3.74. The Morgan fingerprint density at radius 3 is 2.30 bits per heavy atom. The predicted molar refractivity (Wildman–Crippen MR) is 73.3 cm³/mol. The average Bonchev–Trinajstić information content (AvgIpc) is 2.42. The monoisotopic (exact) mass is 279 g/mol. The quantitative estimate of drug-likeness (QED) is 0.495. The first-order valence-electron chi connectivity index (χ1n) is 5.84. The molecule has 6 nitrogen and oxygen atoms in total. The Labute approximate surface area is 117 Å². The van der Waals surface area contributed by atoms with Gasteiger partial charge in [-0.05, 0) is 37.1 Å². The minimum atomic E-state index is -0.743. The van der Waals surface area contributed by atoms with Gasteiger partial charge in [0.1, 0.15) is 11.4 Å². The summed E-state index contributed by atoms with van der Waals surface area (Å²) in [6, 6.07) is 3.23. The fourth-order valence-electron chi connectivity index (χ4n) is 1.48. The van der Waals surface area contributed by atoms with Crippen LogP contribution in [-0.2, 0) is 19.1 Å². The zero-order valence-corrected chi connectivity index (χ0v) is 11.8. The Hall–Kier alpha value is -2.50. The van der Waals surface area contributed by atoms with Crippen LogP contribution in [0.3, 0.4) is 0 Å². The molecule has 0 saturated carbocycles. The summed E-state index contributed by atoms with van der Waals surface area (Å²) < 4.78 is 9.03. The molecule has 0 atom stereocenters. The first kappa shape index (κ1) is 15.6. The molecule has 0 fully saturated rings. The third-order valence-corrected chi connectivity index (χ3v) is 2.75. The second-order valence-corrected chi connectivity index (χ2v) is 4.15. The summed E-state index contributed by atoms with van der Waals surface area (Å²) in [6.45, 7) is 3.71. The highest BCUT2D eigenvalue weighted by atomic mass is 16.5. The van der Waals surface area contributed by atoms with Crippen LogP contribution >= 0.6 is 0 Å². The first-order valence-corrected chi connectivity index (χ1v) is 5.84. The van der Waals surface area contributed by atoms with Gasteiger partial charge < -0.3 is 19.9 Å². The lowest BCUT2D eigenvalue weighted by atomic mass is 10.1. The molecule has 6 heteroatoms. The molecular formula is C14H17NO5. The summed E-state index contributed by atoms with van der Waals surface area (Å²) in [4.78, 5) is 22.8. The summed E-state index contributed by atoms with van der Waals surface area (Å²) in [7, 11) is 2.39. The van der Waals surface area contributed by atoms with Gasteiger partial charge in [0, 0.05) is 0 Å². The van der Waals surface area contributed by atoms with Gasteiger partial charge in [0.25, 0.3) is 0 Å². The average molecular weight is 279 g/mol. The van der Waals surface area contributed by atoms with Crippen molar-refractivity contribution in [3.8, 4) is 5.75 Å². The van der Waals surface area contributed by atoms with Gasteiger partial charge in [-0.1, -0.05) is 0 Å². The van der Waals surface area contributed by atoms with E-state index in [0.717, 1.165) is 17.2 Å². The number of esters is 2. The van der Waals surface area contributed by atoms with Crippen molar-refractivity contribution in [3.05, 3.63) is 35.0 Å². The fraction of sp³-hybridized carbons (Fsp3) is 0.286. The van der Waals surface area contributed by atoms with Crippen molar-refractivity contribution >= 4 is 17.6 Å². The van der Waals surface area contributed by atoms with Crippen molar-refractivity contribution in [1.29, 1.82) is 0 Å². The number of phenols is 1. The van der Waals surface area contributed by atoms with E-state index in [0.29, 0.717) is 5.69 Å². The van der Waals surface area contributed by atoms with Crippen LogP contribution in [0.15, 0.2) is 23.9 Å². The number of rotatable bonds is 4. The van der Waals surface area contributed by atoms with Crippen molar-refractivity contribution in [3.63, 3.8) is 0 Å². The van der Waals surface area contributed by atoms with Gasteiger partial charge in [-0.2, -0.15) is 0 Å². The van der Waals surface area contributed by atoms with Crippen molar-refractivity contribution in [1.82, 2.24) is 0 Å². The lowest BCUT2D eigenvalue weighted by Gasteiger charge is -2.12. The van der Waals surface area contributed by atoms with Crippen LogP contribution in [0.1, 0.15) is 11.1 Å². The number of benzene rings is 1. The highest BCUT2D eigenvalue weighted by Crippen LogP contribution is 2.28. The number of aromatic hydroxyl groups is 1. The number of anilines is 1. The maximum absolute atomic E-state index is 11.6. The molecule has 0 unspecified atom stereocenters. The summed E-state index contributed by atoms with van der Waals surface area (Å²) >= 11 is 0. The minimum absolute atomic E-state index is 0.0345. The van der Waals surface area contributed by atoms with Crippen molar-refractivity contribution in [2.75, 3.05) is 19.5 Å². The van der Waals surface area contributed by atoms with E-state index in [1.54, 1.807) is 12.1 Å². The molecule has 0 spiro atoms. The zero-order valence-electron chi connectivity index (χ0n) is 11.8. The molecule has 108 valence electrons. The molecule has 0 aromatic heterocycles. The number of hydrogen-bond acceptors (Lipinski definition) is 6. The van der Waals surface area contributed by atoms with E-state index < -0.39 is 11.9 Å². The van der Waals surface area contributed by atoms with Crippen molar-refractivity contribution in [2.45, 2.75) is 13.8 Å². The largest absolute Gasteiger partial charge is 0.506 e. The first-order chi connectivity index (χ1) is 9.38. The molecule has 0 bridgehead atoms. The second-order valence-electron chi connectivity index (χ2n) is 4.15. The number of hydrogen-bond donors (Lipinski definition) is 2. The Morgan fingerprint density at radius 1 is 1.15 bits per heavy atom. The number of nitrogens with one attached hydrogen (secondary N) is 1. The fourth-order valence-corrected chi connectivity index (χ4v) is 1.48. The van der Waals surface area contributed by atoms with Crippen molar-refractivity contribution < 1.29 is 24.2 Å². The maximum Gasteiger partial charge on any atom is 0.354 e. The van der Waals surface area contributed by atoms with Gasteiger partial charge in [0.2, 0.25) is 0 Å². The maximum atomic E-state index is 11.6. The molecule has 0 radical (unpaired) electrons. The number of ether oxygens (including phenoxy) is 2. The lowest BCUT2D eigenvalue weighted by molar-refractivity contribution is -0.138. The summed E-state index contributed by atoms with van der Waals surface area (Å²) in [6.07, 6.45) is 0.959. The number of aryl methyl sites for hydroxylation is 2. The van der Waals surface area contributed by atoms with E-state index in [1.807, 2.05) is 13.8 Å². The molecule has 0 aliphatic carbocycles. The van der Waals surface area contributed by atoms with Crippen LogP contribution in [0.2, 0.25) is 0 Å². The van der Waals surface area contributed by atoms with E-state index in [9.17, 15) is 14.7 Å². The Morgan fingerprint density at radius 2 is 1.75 bits per heavy atom. The van der Waals surface area contributed by atoms with Crippen molar-refractivity contribution in [2.24, 2.45) is 0 Å². The Bertz CT molecular complexity index is 563. The summed E-state index contributed by atoms with van der Waals surface area (Å²) in [5.74, 6) is -1.48. The molecule has 0 aliphatic rings. The van der Waals surface area contributed by atoms with Gasteiger partial charge in [0.15, 0.2) is 0 Å². The summed E-state index contributed by atoms with van der Waals surface area (Å²) in [5.41, 5.74) is 2.00. The van der Waals surface area contributed by atoms with Gasteiger partial charge in [-0.25, -0.2) is 9.59 Å². The Balaban J connectivity index is 3.14. The molecule has 1 rings (SSSR count). The standard InChI is InChI=1S/C14H17NO5/c1-8-5-10(12(16)6-9(8)2)15-11(14(18)20-4)7-13(17)19-3/h5-7,15-16H,1-4H3/b11-7+. The van der Waals surface area contributed by atoms with E-state index >= 15 is 0 Å². The minimum Gasteiger partial charge on any atom is -0.506 e. The van der Waals surface area contributed by atoms with E-state index in [1.165, 1.54) is 14.2 Å². The highest BCUT2D eigenvalue weighted by molar-refractivity contribution is 5.99. The van der Waals surface area contributed by atoms with E-state index in [4.69, 9.17) is 0 Å². The molecular weight excluding hydrogens is 262 g/mol. The molecule has 2 N–H and O–H groups in total. The molecule has 1 aromatic carbocycles. The van der Waals surface area contributed by atoms with Gasteiger partial charge >= 0.3 is 11.9 Å². The molecule has 20 heavy (non-hydrogen) atoms. The number of carbonyl (C=O) groups excluding carboxylic acids is 2. The molecule has 0 heterocycles. The van der Waals surface area contributed by atoms with Crippen LogP contribution in [0.5, 0.6) is 5.75 Å². The Kier molecular flexibility index (Phi) is 5.14. The predicted octanol–water partition coefficient (Wildman–Crippen LogP) is 1.65. The van der Waals surface area contributed by atoms with E-state index in [-0.39, 0.29) is 11.4 Å². The topological polar surface area (TPSA) is 84.9 Å². The normalized spacial score (nSPS) is 10.9. The third-order valence-electron chi connectivity index (χ3n) is 2.75. The molecule has 1 aromatic rings. The SMILES string of the molecule is COC(=O)/C=C(/Nc1cc(C)c(C)cc1O)C(=O)OC. The molecule has 0 amide bonds. The van der Waals surface area contributed by atoms with E-state index in [2.05, 4.69) is 14.8 Å². The van der Waals surface area contributed by atoms with Gasteiger partial charge in [-0.3, -0.25) is 0 Å². The van der Waals surface area contributed by atoms with Crippen LogP contribution < -0.4 is 5.32 Å². The van der Waals surface area contributed by atoms with Crippen LogP contribution in [-0.4, -0.2) is 31.3 Å². The highest BCUT2D eigenvalue weighted by Gasteiger charge is 2.15. The molecule has 0 saturated heterocycles. The second kappa shape index (κ2) is 6.60. The van der Waals surface area contributed by atoms with Gasteiger partial charge in [-0.15, -0.1) is 0 Å². The number of carbonyl (C=O) groups is 2. The molecule has 0 aliphatic heterocycles. The van der Waals surface area contributed by atoms with Gasteiger partial charge in [0.05, 0.1) is 26.0 Å². The lowest BCUT2D eigenvalue weighted by Crippen LogP contribution is -2.15. The number of phenolic OH excluding ortho intramolecular Hbond substituents is 1. The van der Waals surface area contributed by atoms with Crippen LogP contribution in [0.4, 0.5) is 5.69 Å². The van der Waals surface area contributed by atoms with Crippen LogP contribution in [0, 0.1) is 13.8 Å². The number of methoxy groups -OCH3 is 2. The van der Waals surface area contributed by atoms with Crippen LogP contribution in [0.25, 0.3) is 0 Å². The summed E-state index contributed by atoms with van der Waals surface area (Å²) in [5, 5.41) is 12.5. The smallest absolute Gasteiger partial charge is 0.354 e.